The number of rotatable bonds is 9. The van der Waals surface area contributed by atoms with E-state index in [1.54, 1.807) is 0 Å². The van der Waals surface area contributed by atoms with E-state index in [2.05, 4.69) is 60.8 Å². The molecule has 0 saturated heterocycles. The van der Waals surface area contributed by atoms with Crippen molar-refractivity contribution in [3.8, 4) is 0 Å². The molecule has 4 aliphatic carbocycles. The highest BCUT2D eigenvalue weighted by Gasteiger charge is 2.60. The van der Waals surface area contributed by atoms with Gasteiger partial charge in [-0.05, 0) is 149 Å². The summed E-state index contributed by atoms with van der Waals surface area (Å²) in [5, 5.41) is 0. The standard InChI is InChI=1S/C32H60O3Si2/c1-10-36(6,7)34-25-18-20-31(4)24(22-25)13-14-26-28-16-15-27(32(28,5)21-19-29(26)31)23(3)12-17-30(33)35-37(8,9)11-2/h23-29H,10-22H2,1-9H3/t23?,24-,25-,26?,27?,28?,29?,31?,32?/m1/s1. The van der Waals surface area contributed by atoms with E-state index in [0.29, 0.717) is 29.3 Å². The highest BCUT2D eigenvalue weighted by atomic mass is 28.4. The van der Waals surface area contributed by atoms with Crippen LogP contribution in [0, 0.1) is 46.3 Å². The maximum absolute atomic E-state index is 12.6. The molecule has 4 fully saturated rings. The van der Waals surface area contributed by atoms with Gasteiger partial charge in [-0.3, -0.25) is 4.79 Å². The fraction of sp³-hybridized carbons (Fsp3) is 0.969. The van der Waals surface area contributed by atoms with Crippen molar-refractivity contribution in [3.05, 3.63) is 0 Å². The Hall–Kier alpha value is -0.136. The Labute approximate surface area is 231 Å². The van der Waals surface area contributed by atoms with Crippen molar-refractivity contribution >= 4 is 22.6 Å². The Bertz CT molecular complexity index is 812. The third-order valence-corrected chi connectivity index (χ3v) is 17.9. The van der Waals surface area contributed by atoms with Crippen LogP contribution in [0.2, 0.25) is 38.3 Å². The first-order chi connectivity index (χ1) is 17.2. The summed E-state index contributed by atoms with van der Waals surface area (Å²) in [6, 6.07) is 2.24. The molecule has 0 aliphatic heterocycles. The van der Waals surface area contributed by atoms with Gasteiger partial charge < -0.3 is 8.85 Å². The quantitative estimate of drug-likeness (QED) is 0.269. The minimum Gasteiger partial charge on any atom is -0.520 e. The van der Waals surface area contributed by atoms with E-state index in [9.17, 15) is 4.79 Å². The molecule has 0 N–H and O–H groups in total. The minimum absolute atomic E-state index is 0.0598. The number of carbonyl (C=O) groups is 1. The van der Waals surface area contributed by atoms with Crippen molar-refractivity contribution in [2.75, 3.05) is 0 Å². The second-order valence-corrected chi connectivity index (χ2v) is 24.5. The van der Waals surface area contributed by atoms with Crippen molar-refractivity contribution < 1.29 is 13.6 Å². The van der Waals surface area contributed by atoms with Crippen molar-refractivity contribution in [3.63, 3.8) is 0 Å². The van der Waals surface area contributed by atoms with E-state index < -0.39 is 16.6 Å². The van der Waals surface area contributed by atoms with E-state index in [1.165, 1.54) is 63.8 Å². The van der Waals surface area contributed by atoms with Crippen LogP contribution in [0.15, 0.2) is 0 Å². The summed E-state index contributed by atoms with van der Waals surface area (Å²) in [6.45, 7) is 21.4. The largest absolute Gasteiger partial charge is 0.520 e. The van der Waals surface area contributed by atoms with Crippen LogP contribution in [0.1, 0.15) is 105 Å². The number of carbonyl (C=O) groups excluding carboxylic acids is 1. The van der Waals surface area contributed by atoms with Crippen LogP contribution in [0.5, 0.6) is 0 Å². The molecule has 3 nitrogen and oxygen atoms in total. The molecule has 0 heterocycles. The molecule has 4 rings (SSSR count). The predicted molar refractivity (Wildman–Crippen MR) is 161 cm³/mol. The Morgan fingerprint density at radius 2 is 1.51 bits per heavy atom. The fourth-order valence-electron chi connectivity index (χ4n) is 9.81. The second-order valence-electron chi connectivity index (χ2n) is 15.6. The minimum atomic E-state index is -1.80. The number of hydrogen-bond donors (Lipinski definition) is 0. The summed E-state index contributed by atoms with van der Waals surface area (Å²) in [5.41, 5.74) is 1.01. The maximum atomic E-state index is 12.6. The Balaban J connectivity index is 1.38. The molecular formula is C32H60O3Si2. The molecule has 9 atom stereocenters. The molecule has 214 valence electrons. The van der Waals surface area contributed by atoms with Gasteiger partial charge in [-0.1, -0.05) is 34.6 Å². The van der Waals surface area contributed by atoms with Crippen LogP contribution in [0.25, 0.3) is 0 Å². The van der Waals surface area contributed by atoms with Gasteiger partial charge in [0.25, 0.3) is 5.97 Å². The van der Waals surface area contributed by atoms with Crippen molar-refractivity contribution in [2.24, 2.45) is 46.3 Å². The van der Waals surface area contributed by atoms with E-state index in [4.69, 9.17) is 8.85 Å². The Morgan fingerprint density at radius 3 is 2.19 bits per heavy atom. The zero-order valence-electron chi connectivity index (χ0n) is 26.0. The van der Waals surface area contributed by atoms with Crippen LogP contribution in [-0.2, 0) is 13.6 Å². The van der Waals surface area contributed by atoms with Crippen LogP contribution in [-0.4, -0.2) is 28.7 Å². The number of fused-ring (bicyclic) bond motifs is 5. The normalized spacial score (nSPS) is 40.9. The lowest BCUT2D eigenvalue weighted by molar-refractivity contribution is -0.136. The van der Waals surface area contributed by atoms with Gasteiger partial charge in [0.15, 0.2) is 8.32 Å². The summed E-state index contributed by atoms with van der Waals surface area (Å²) in [7, 11) is -3.28. The summed E-state index contributed by atoms with van der Waals surface area (Å²) < 4.78 is 12.7. The van der Waals surface area contributed by atoms with E-state index in [0.717, 1.165) is 42.1 Å². The van der Waals surface area contributed by atoms with Gasteiger partial charge >= 0.3 is 0 Å². The zero-order valence-corrected chi connectivity index (χ0v) is 28.0. The average Bonchev–Trinajstić information content (AvgIpc) is 3.19. The third kappa shape index (κ3) is 5.99. The van der Waals surface area contributed by atoms with E-state index in [-0.39, 0.29) is 5.97 Å². The lowest BCUT2D eigenvalue weighted by Crippen LogP contribution is -2.54. The molecule has 0 aromatic rings. The topological polar surface area (TPSA) is 35.5 Å². The first kappa shape index (κ1) is 29.8. The van der Waals surface area contributed by atoms with Crippen LogP contribution >= 0.6 is 0 Å². The maximum Gasteiger partial charge on any atom is 0.292 e. The van der Waals surface area contributed by atoms with Gasteiger partial charge in [0, 0.05) is 12.5 Å². The molecule has 0 spiro atoms. The molecule has 0 amide bonds. The van der Waals surface area contributed by atoms with E-state index in [1.807, 2.05) is 0 Å². The van der Waals surface area contributed by atoms with Gasteiger partial charge in [0.2, 0.25) is 8.32 Å². The van der Waals surface area contributed by atoms with E-state index >= 15 is 0 Å². The van der Waals surface area contributed by atoms with Crippen LogP contribution < -0.4 is 0 Å². The van der Waals surface area contributed by atoms with Gasteiger partial charge in [-0.25, -0.2) is 0 Å². The van der Waals surface area contributed by atoms with Crippen LogP contribution in [0.3, 0.4) is 0 Å². The fourth-order valence-corrected chi connectivity index (χ4v) is 12.0. The highest BCUT2D eigenvalue weighted by molar-refractivity contribution is 6.72. The monoisotopic (exact) mass is 548 g/mol. The molecule has 37 heavy (non-hydrogen) atoms. The summed E-state index contributed by atoms with van der Waals surface area (Å²) in [6.07, 6.45) is 14.7. The van der Waals surface area contributed by atoms with Crippen molar-refractivity contribution in [2.45, 2.75) is 150 Å². The summed E-state index contributed by atoms with van der Waals surface area (Å²) in [4.78, 5) is 12.6. The molecule has 5 heteroatoms. The Morgan fingerprint density at radius 1 is 0.865 bits per heavy atom. The SMILES string of the molecule is CC[Si](C)(C)OC(=O)CCC(C)C1CCC2C3CC[C@@H]4C[C@H](O[Si](C)(C)CC)CCC4(C)C3CCC12C. The molecule has 0 aromatic heterocycles. The smallest absolute Gasteiger partial charge is 0.292 e. The summed E-state index contributed by atoms with van der Waals surface area (Å²) in [5.74, 6) is 5.08. The molecular weight excluding hydrogens is 489 g/mol. The number of hydrogen-bond acceptors (Lipinski definition) is 3. The van der Waals surface area contributed by atoms with Crippen molar-refractivity contribution in [1.82, 2.24) is 0 Å². The van der Waals surface area contributed by atoms with Gasteiger partial charge in [-0.2, -0.15) is 0 Å². The lowest BCUT2D eigenvalue weighted by Gasteiger charge is -2.61. The molecule has 0 radical (unpaired) electrons. The molecule has 0 aromatic carbocycles. The molecule has 4 aliphatic rings. The second kappa shape index (κ2) is 11.0. The zero-order chi connectivity index (χ0) is 27.2. The Kier molecular flexibility index (Phi) is 8.90. The molecule has 0 bridgehead atoms. The van der Waals surface area contributed by atoms with Gasteiger partial charge in [-0.15, -0.1) is 0 Å². The summed E-state index contributed by atoms with van der Waals surface area (Å²) >= 11 is 0. The average molecular weight is 549 g/mol. The van der Waals surface area contributed by atoms with Gasteiger partial charge in [0.1, 0.15) is 0 Å². The predicted octanol–water partition coefficient (Wildman–Crippen LogP) is 9.44. The lowest BCUT2D eigenvalue weighted by atomic mass is 9.44. The molecule has 7 unspecified atom stereocenters. The van der Waals surface area contributed by atoms with Gasteiger partial charge in [0.05, 0.1) is 0 Å². The first-order valence-corrected chi connectivity index (χ1v) is 22.4. The highest BCUT2D eigenvalue weighted by Crippen LogP contribution is 2.68. The molecule has 4 saturated carbocycles. The first-order valence-electron chi connectivity index (χ1n) is 16.1. The third-order valence-electron chi connectivity index (χ3n) is 12.8. The van der Waals surface area contributed by atoms with Crippen molar-refractivity contribution in [1.29, 1.82) is 0 Å². The van der Waals surface area contributed by atoms with Crippen LogP contribution in [0.4, 0.5) is 0 Å².